The minimum atomic E-state index is 0.292. The van der Waals surface area contributed by atoms with Crippen molar-refractivity contribution < 1.29 is 4.79 Å². The van der Waals surface area contributed by atoms with Crippen molar-refractivity contribution in [1.29, 1.82) is 0 Å². The van der Waals surface area contributed by atoms with E-state index >= 15 is 0 Å². The molecular formula is C13H27N3O. The third-order valence-electron chi connectivity index (χ3n) is 3.56. The number of hydrogen-bond donors (Lipinski definition) is 2. The van der Waals surface area contributed by atoms with Gasteiger partial charge in [-0.15, -0.1) is 0 Å². The Labute approximate surface area is 105 Å². The van der Waals surface area contributed by atoms with Gasteiger partial charge in [-0.1, -0.05) is 12.8 Å². The second-order valence-electron chi connectivity index (χ2n) is 4.93. The molecule has 1 saturated heterocycles. The average Bonchev–Trinajstić information content (AvgIpc) is 2.38. The van der Waals surface area contributed by atoms with Gasteiger partial charge < -0.3 is 16.4 Å². The fourth-order valence-electron chi connectivity index (χ4n) is 2.49. The molecule has 1 rings (SSSR count). The molecule has 4 N–H and O–H groups in total. The van der Waals surface area contributed by atoms with Gasteiger partial charge in [0, 0.05) is 25.6 Å². The quantitative estimate of drug-likeness (QED) is 0.659. The molecule has 4 nitrogen and oxygen atoms in total. The number of nitrogens with zero attached hydrogens (tertiary/aromatic N) is 1. The van der Waals surface area contributed by atoms with Crippen LogP contribution in [0.5, 0.6) is 0 Å². The van der Waals surface area contributed by atoms with Crippen LogP contribution in [0.25, 0.3) is 0 Å². The average molecular weight is 241 g/mol. The number of hydrogen-bond acceptors (Lipinski definition) is 3. The van der Waals surface area contributed by atoms with E-state index in [1.54, 1.807) is 0 Å². The van der Waals surface area contributed by atoms with Gasteiger partial charge in [-0.25, -0.2) is 0 Å². The van der Waals surface area contributed by atoms with Crippen molar-refractivity contribution in [2.45, 2.75) is 57.4 Å². The Hall–Kier alpha value is -0.610. The molecular weight excluding hydrogens is 214 g/mol. The highest BCUT2D eigenvalue weighted by atomic mass is 16.2. The molecule has 0 radical (unpaired) electrons. The van der Waals surface area contributed by atoms with Crippen LogP contribution in [0.4, 0.5) is 0 Å². The highest BCUT2D eigenvalue weighted by molar-refractivity contribution is 5.76. The molecule has 1 amide bonds. The summed E-state index contributed by atoms with van der Waals surface area (Å²) in [5, 5.41) is 0. The van der Waals surface area contributed by atoms with E-state index in [1.807, 2.05) is 4.90 Å². The van der Waals surface area contributed by atoms with Crippen LogP contribution in [-0.4, -0.2) is 36.5 Å². The summed E-state index contributed by atoms with van der Waals surface area (Å²) in [5.74, 6) is 0.299. The van der Waals surface area contributed by atoms with Crippen LogP contribution in [0.1, 0.15) is 51.4 Å². The molecule has 17 heavy (non-hydrogen) atoms. The number of likely N-dealkylation sites (tertiary alicyclic amines) is 1. The summed E-state index contributed by atoms with van der Waals surface area (Å²) < 4.78 is 0. The predicted molar refractivity (Wildman–Crippen MR) is 70.5 cm³/mol. The Bertz CT molecular complexity index is 221. The summed E-state index contributed by atoms with van der Waals surface area (Å²) in [4.78, 5) is 14.1. The lowest BCUT2D eigenvalue weighted by molar-refractivity contribution is -0.134. The SMILES string of the molecule is NCCCCCCC(=O)N1CCCCC1CN. The van der Waals surface area contributed by atoms with Crippen molar-refractivity contribution in [3.8, 4) is 0 Å². The Morgan fingerprint density at radius 3 is 2.59 bits per heavy atom. The van der Waals surface area contributed by atoms with Gasteiger partial charge in [0.25, 0.3) is 0 Å². The molecule has 0 aromatic heterocycles. The van der Waals surface area contributed by atoms with Crippen molar-refractivity contribution in [3.05, 3.63) is 0 Å². The van der Waals surface area contributed by atoms with Crippen molar-refractivity contribution in [1.82, 2.24) is 4.90 Å². The fourth-order valence-corrected chi connectivity index (χ4v) is 2.49. The number of unbranched alkanes of at least 4 members (excludes halogenated alkanes) is 3. The molecule has 4 heteroatoms. The third-order valence-corrected chi connectivity index (χ3v) is 3.56. The number of nitrogens with two attached hydrogens (primary N) is 2. The van der Waals surface area contributed by atoms with Crippen molar-refractivity contribution in [2.24, 2.45) is 11.5 Å². The molecule has 100 valence electrons. The summed E-state index contributed by atoms with van der Waals surface area (Å²) in [5.41, 5.74) is 11.2. The molecule has 1 aliphatic rings. The van der Waals surface area contributed by atoms with E-state index in [-0.39, 0.29) is 0 Å². The molecule has 0 spiro atoms. The van der Waals surface area contributed by atoms with E-state index in [4.69, 9.17) is 11.5 Å². The number of carbonyl (C=O) groups is 1. The molecule has 0 aliphatic carbocycles. The second-order valence-corrected chi connectivity index (χ2v) is 4.93. The smallest absolute Gasteiger partial charge is 0.222 e. The minimum Gasteiger partial charge on any atom is -0.338 e. The second kappa shape index (κ2) is 8.48. The van der Waals surface area contributed by atoms with Crippen LogP contribution in [0, 0.1) is 0 Å². The van der Waals surface area contributed by atoms with E-state index in [0.29, 0.717) is 24.9 Å². The molecule has 0 saturated carbocycles. The largest absolute Gasteiger partial charge is 0.338 e. The van der Waals surface area contributed by atoms with Gasteiger partial charge in [-0.3, -0.25) is 4.79 Å². The van der Waals surface area contributed by atoms with E-state index in [2.05, 4.69) is 0 Å². The van der Waals surface area contributed by atoms with Crippen molar-refractivity contribution in [3.63, 3.8) is 0 Å². The summed E-state index contributed by atoms with van der Waals surface area (Å²) >= 11 is 0. The lowest BCUT2D eigenvalue weighted by Gasteiger charge is -2.35. The van der Waals surface area contributed by atoms with Gasteiger partial charge in [0.2, 0.25) is 5.91 Å². The van der Waals surface area contributed by atoms with Gasteiger partial charge >= 0.3 is 0 Å². The Morgan fingerprint density at radius 1 is 1.12 bits per heavy atom. The lowest BCUT2D eigenvalue weighted by atomic mass is 10.0. The first-order chi connectivity index (χ1) is 8.29. The molecule has 1 atom stereocenters. The van der Waals surface area contributed by atoms with E-state index in [1.165, 1.54) is 6.42 Å². The highest BCUT2D eigenvalue weighted by Crippen LogP contribution is 2.18. The normalized spacial score (nSPS) is 20.6. The van der Waals surface area contributed by atoms with Crippen LogP contribution >= 0.6 is 0 Å². The first-order valence-electron chi connectivity index (χ1n) is 6.99. The number of rotatable bonds is 7. The summed E-state index contributed by atoms with van der Waals surface area (Å²) in [6.07, 6.45) is 8.43. The lowest BCUT2D eigenvalue weighted by Crippen LogP contribution is -2.47. The van der Waals surface area contributed by atoms with Gasteiger partial charge in [0.1, 0.15) is 0 Å². The maximum atomic E-state index is 12.0. The Balaban J connectivity index is 2.20. The molecule has 1 fully saturated rings. The van der Waals surface area contributed by atoms with Crippen molar-refractivity contribution in [2.75, 3.05) is 19.6 Å². The van der Waals surface area contributed by atoms with Gasteiger partial charge in [0.05, 0.1) is 0 Å². The minimum absolute atomic E-state index is 0.292. The molecule has 1 aliphatic heterocycles. The highest BCUT2D eigenvalue weighted by Gasteiger charge is 2.24. The first kappa shape index (κ1) is 14.5. The van der Waals surface area contributed by atoms with Crippen LogP contribution < -0.4 is 11.5 Å². The zero-order valence-corrected chi connectivity index (χ0v) is 10.9. The molecule has 1 unspecified atom stereocenters. The van der Waals surface area contributed by atoms with E-state index < -0.39 is 0 Å². The van der Waals surface area contributed by atoms with Gasteiger partial charge in [-0.05, 0) is 38.6 Å². The van der Waals surface area contributed by atoms with Crippen LogP contribution in [0.3, 0.4) is 0 Å². The van der Waals surface area contributed by atoms with Crippen LogP contribution in [-0.2, 0) is 4.79 Å². The van der Waals surface area contributed by atoms with Gasteiger partial charge in [0.15, 0.2) is 0 Å². The number of amides is 1. The number of piperidine rings is 1. The fraction of sp³-hybridized carbons (Fsp3) is 0.923. The van der Waals surface area contributed by atoms with Crippen molar-refractivity contribution >= 4 is 5.91 Å². The van der Waals surface area contributed by atoms with E-state index in [0.717, 1.165) is 51.6 Å². The zero-order chi connectivity index (χ0) is 12.5. The van der Waals surface area contributed by atoms with Crippen LogP contribution in [0.15, 0.2) is 0 Å². The Kier molecular flexibility index (Phi) is 7.21. The zero-order valence-electron chi connectivity index (χ0n) is 10.9. The van der Waals surface area contributed by atoms with Gasteiger partial charge in [-0.2, -0.15) is 0 Å². The topological polar surface area (TPSA) is 72.4 Å². The van der Waals surface area contributed by atoms with Crippen LogP contribution in [0.2, 0.25) is 0 Å². The number of carbonyl (C=O) groups excluding carboxylic acids is 1. The maximum Gasteiger partial charge on any atom is 0.222 e. The predicted octanol–water partition coefficient (Wildman–Crippen LogP) is 1.24. The summed E-state index contributed by atoms with van der Waals surface area (Å²) in [6, 6.07) is 0.292. The molecule has 0 aromatic carbocycles. The maximum absolute atomic E-state index is 12.0. The standard InChI is InChI=1S/C13H27N3O/c14-9-5-2-1-3-8-13(17)16-10-6-4-7-12(16)11-15/h12H,1-11,14-15H2. The summed E-state index contributed by atoms with van der Waals surface area (Å²) in [6.45, 7) is 2.28. The molecule has 1 heterocycles. The summed E-state index contributed by atoms with van der Waals surface area (Å²) in [7, 11) is 0. The molecule has 0 aromatic rings. The Morgan fingerprint density at radius 2 is 1.88 bits per heavy atom. The third kappa shape index (κ3) is 5.04. The van der Waals surface area contributed by atoms with E-state index in [9.17, 15) is 4.79 Å². The monoisotopic (exact) mass is 241 g/mol. The molecule has 0 bridgehead atoms. The first-order valence-corrected chi connectivity index (χ1v) is 6.99.